The van der Waals surface area contributed by atoms with Gasteiger partial charge in [0.05, 0.1) is 15.5 Å². The smallest absolute Gasteiger partial charge is 0.255 e. The highest BCUT2D eigenvalue weighted by Gasteiger charge is 2.30. The summed E-state index contributed by atoms with van der Waals surface area (Å²) in [5.74, 6) is -0.206. The topological polar surface area (TPSA) is 57.7 Å². The van der Waals surface area contributed by atoms with E-state index in [2.05, 4.69) is 0 Å². The normalized spacial score (nSPS) is 17.5. The van der Waals surface area contributed by atoms with E-state index in [4.69, 9.17) is 11.6 Å². The van der Waals surface area contributed by atoms with Gasteiger partial charge in [-0.3, -0.25) is 4.79 Å². The van der Waals surface area contributed by atoms with Crippen LogP contribution in [0.5, 0.6) is 0 Å². The fourth-order valence-electron chi connectivity index (χ4n) is 3.34. The molecule has 0 aromatic heterocycles. The van der Waals surface area contributed by atoms with Gasteiger partial charge >= 0.3 is 0 Å². The lowest BCUT2D eigenvalue weighted by Gasteiger charge is -2.31. The number of hydrogen-bond acceptors (Lipinski definition) is 3. The molecule has 0 aliphatic carbocycles. The van der Waals surface area contributed by atoms with E-state index in [1.165, 1.54) is 28.1 Å². The SMILES string of the molecule is O=C(c1cc(S(=O)(=O)N2CCc3ccccc3C2)ccc1Cl)N1CCC1. The van der Waals surface area contributed by atoms with Crippen LogP contribution in [0.1, 0.15) is 27.9 Å². The minimum absolute atomic E-state index is 0.116. The van der Waals surface area contributed by atoms with E-state index < -0.39 is 10.0 Å². The summed E-state index contributed by atoms with van der Waals surface area (Å²) in [4.78, 5) is 14.3. The zero-order chi connectivity index (χ0) is 18.3. The summed E-state index contributed by atoms with van der Waals surface area (Å²) >= 11 is 6.16. The molecule has 0 radical (unpaired) electrons. The van der Waals surface area contributed by atoms with Crippen molar-refractivity contribution in [3.8, 4) is 0 Å². The Bertz CT molecular complexity index is 970. The van der Waals surface area contributed by atoms with E-state index in [1.807, 2.05) is 24.3 Å². The molecule has 0 atom stereocenters. The van der Waals surface area contributed by atoms with Gasteiger partial charge in [-0.2, -0.15) is 4.31 Å². The summed E-state index contributed by atoms with van der Waals surface area (Å²) in [5.41, 5.74) is 2.46. The van der Waals surface area contributed by atoms with Gasteiger partial charge in [-0.05, 0) is 42.2 Å². The molecule has 0 N–H and O–H groups in total. The highest BCUT2D eigenvalue weighted by molar-refractivity contribution is 7.89. The molecule has 2 aliphatic heterocycles. The monoisotopic (exact) mass is 390 g/mol. The fraction of sp³-hybridized carbons (Fsp3) is 0.316. The highest BCUT2D eigenvalue weighted by Crippen LogP contribution is 2.28. The lowest BCUT2D eigenvalue weighted by atomic mass is 10.0. The second-order valence-corrected chi connectivity index (χ2v) is 8.99. The van der Waals surface area contributed by atoms with Crippen molar-refractivity contribution < 1.29 is 13.2 Å². The Labute approximate surface area is 158 Å². The molecule has 0 bridgehead atoms. The van der Waals surface area contributed by atoms with Crippen LogP contribution in [0, 0.1) is 0 Å². The van der Waals surface area contributed by atoms with Gasteiger partial charge < -0.3 is 4.90 Å². The third kappa shape index (κ3) is 3.02. The lowest BCUT2D eigenvalue weighted by molar-refractivity contribution is 0.0651. The summed E-state index contributed by atoms with van der Waals surface area (Å²) in [6.45, 7) is 2.15. The number of hydrogen-bond donors (Lipinski definition) is 0. The number of carbonyl (C=O) groups is 1. The van der Waals surface area contributed by atoms with Crippen LogP contribution in [0.2, 0.25) is 5.02 Å². The molecule has 0 unspecified atom stereocenters. The first-order valence-electron chi connectivity index (χ1n) is 8.62. The Balaban J connectivity index is 1.65. The molecular formula is C19H19ClN2O3S. The number of amides is 1. The Morgan fingerprint density at radius 2 is 1.73 bits per heavy atom. The number of nitrogens with zero attached hydrogens (tertiary/aromatic N) is 2. The first kappa shape index (κ1) is 17.5. The summed E-state index contributed by atoms with van der Waals surface area (Å²) in [5, 5.41) is 0.282. The molecule has 4 rings (SSSR count). The Hall–Kier alpha value is -1.89. The predicted molar refractivity (Wildman–Crippen MR) is 99.7 cm³/mol. The molecule has 0 saturated carbocycles. The maximum absolute atomic E-state index is 13.1. The Morgan fingerprint density at radius 1 is 1.00 bits per heavy atom. The van der Waals surface area contributed by atoms with E-state index in [-0.39, 0.29) is 21.4 Å². The van der Waals surface area contributed by atoms with Crippen LogP contribution in [0.3, 0.4) is 0 Å². The van der Waals surface area contributed by atoms with Crippen molar-refractivity contribution in [2.45, 2.75) is 24.3 Å². The number of rotatable bonds is 3. The summed E-state index contributed by atoms with van der Waals surface area (Å²) in [7, 11) is -3.69. The molecule has 136 valence electrons. The van der Waals surface area contributed by atoms with Crippen molar-refractivity contribution >= 4 is 27.5 Å². The van der Waals surface area contributed by atoms with Crippen LogP contribution < -0.4 is 0 Å². The third-order valence-corrected chi connectivity index (χ3v) is 7.22. The first-order valence-corrected chi connectivity index (χ1v) is 10.4. The van der Waals surface area contributed by atoms with Crippen LogP contribution in [-0.2, 0) is 23.0 Å². The number of halogens is 1. The van der Waals surface area contributed by atoms with Crippen LogP contribution in [0.4, 0.5) is 0 Å². The quantitative estimate of drug-likeness (QED) is 0.809. The highest BCUT2D eigenvalue weighted by atomic mass is 35.5. The van der Waals surface area contributed by atoms with Crippen molar-refractivity contribution in [1.29, 1.82) is 0 Å². The average molecular weight is 391 g/mol. The van der Waals surface area contributed by atoms with Gasteiger partial charge in [0.1, 0.15) is 0 Å². The van der Waals surface area contributed by atoms with Crippen molar-refractivity contribution in [1.82, 2.24) is 9.21 Å². The molecule has 2 aromatic rings. The second-order valence-electron chi connectivity index (χ2n) is 6.64. The van der Waals surface area contributed by atoms with Gasteiger partial charge in [-0.25, -0.2) is 8.42 Å². The summed E-state index contributed by atoms with van der Waals surface area (Å²) < 4.78 is 27.7. The average Bonchev–Trinajstić information content (AvgIpc) is 2.60. The number of likely N-dealkylation sites (tertiary alicyclic amines) is 1. The largest absolute Gasteiger partial charge is 0.338 e. The van der Waals surface area contributed by atoms with Crippen LogP contribution in [-0.4, -0.2) is 43.2 Å². The van der Waals surface area contributed by atoms with E-state index in [1.54, 1.807) is 4.90 Å². The molecule has 0 spiro atoms. The van der Waals surface area contributed by atoms with Crippen molar-refractivity contribution in [2.24, 2.45) is 0 Å². The molecule has 26 heavy (non-hydrogen) atoms. The molecule has 2 aliphatic rings. The van der Waals surface area contributed by atoms with Gasteiger partial charge in [-0.1, -0.05) is 35.9 Å². The lowest BCUT2D eigenvalue weighted by Crippen LogP contribution is -2.42. The van der Waals surface area contributed by atoms with Crippen molar-refractivity contribution in [2.75, 3.05) is 19.6 Å². The number of carbonyl (C=O) groups excluding carboxylic acids is 1. The van der Waals surface area contributed by atoms with E-state index in [0.29, 0.717) is 32.6 Å². The zero-order valence-electron chi connectivity index (χ0n) is 14.2. The minimum Gasteiger partial charge on any atom is -0.338 e. The molecule has 1 fully saturated rings. The van der Waals surface area contributed by atoms with Crippen molar-refractivity contribution in [3.05, 3.63) is 64.2 Å². The molecule has 2 heterocycles. The number of sulfonamides is 1. The van der Waals surface area contributed by atoms with Gasteiger partial charge in [-0.15, -0.1) is 0 Å². The van der Waals surface area contributed by atoms with Gasteiger partial charge in [0, 0.05) is 26.2 Å². The Morgan fingerprint density at radius 3 is 2.42 bits per heavy atom. The Kier molecular flexibility index (Phi) is 4.50. The third-order valence-electron chi connectivity index (χ3n) is 5.04. The molecule has 7 heteroatoms. The van der Waals surface area contributed by atoms with Crippen LogP contribution in [0.25, 0.3) is 0 Å². The van der Waals surface area contributed by atoms with E-state index >= 15 is 0 Å². The summed E-state index contributed by atoms with van der Waals surface area (Å²) in [6.07, 6.45) is 1.65. The molecular weight excluding hydrogens is 372 g/mol. The predicted octanol–water partition coefficient (Wildman–Crippen LogP) is 2.93. The van der Waals surface area contributed by atoms with Crippen LogP contribution in [0.15, 0.2) is 47.4 Å². The number of fused-ring (bicyclic) bond motifs is 1. The van der Waals surface area contributed by atoms with Gasteiger partial charge in [0.15, 0.2) is 0 Å². The van der Waals surface area contributed by atoms with E-state index in [9.17, 15) is 13.2 Å². The minimum atomic E-state index is -3.69. The first-order chi connectivity index (χ1) is 12.5. The molecule has 5 nitrogen and oxygen atoms in total. The maximum atomic E-state index is 13.1. The van der Waals surface area contributed by atoms with Gasteiger partial charge in [0.2, 0.25) is 10.0 Å². The summed E-state index contributed by atoms with van der Waals surface area (Å²) in [6, 6.07) is 12.3. The second kappa shape index (κ2) is 6.68. The number of benzene rings is 2. The van der Waals surface area contributed by atoms with Crippen LogP contribution >= 0.6 is 11.6 Å². The standard InChI is InChI=1S/C19H19ClN2O3S/c20-18-7-6-16(12-17(18)19(23)21-9-3-10-21)26(24,25)22-11-8-14-4-1-2-5-15(14)13-22/h1-2,4-7,12H,3,8-11,13H2. The van der Waals surface area contributed by atoms with Gasteiger partial charge in [0.25, 0.3) is 5.91 Å². The molecule has 1 saturated heterocycles. The molecule has 2 aromatic carbocycles. The van der Waals surface area contributed by atoms with Crippen molar-refractivity contribution in [3.63, 3.8) is 0 Å². The fourth-order valence-corrected chi connectivity index (χ4v) is 4.99. The molecule has 1 amide bonds. The zero-order valence-corrected chi connectivity index (χ0v) is 15.8. The van der Waals surface area contributed by atoms with E-state index in [0.717, 1.165) is 12.0 Å². The maximum Gasteiger partial charge on any atom is 0.255 e.